The molecule has 0 aliphatic heterocycles. The lowest BCUT2D eigenvalue weighted by atomic mass is 10.1. The van der Waals surface area contributed by atoms with Crippen molar-refractivity contribution in [1.29, 1.82) is 0 Å². The monoisotopic (exact) mass is 296 g/mol. The maximum absolute atomic E-state index is 12.3. The van der Waals surface area contributed by atoms with E-state index in [9.17, 15) is 26.7 Å². The van der Waals surface area contributed by atoms with Crippen LogP contribution < -0.4 is 4.18 Å². The van der Waals surface area contributed by atoms with Gasteiger partial charge in [0, 0.05) is 5.56 Å². The lowest BCUT2D eigenvalue weighted by Crippen LogP contribution is -2.28. The first-order chi connectivity index (χ1) is 8.62. The fourth-order valence-electron chi connectivity index (χ4n) is 2.09. The zero-order valence-electron chi connectivity index (χ0n) is 9.86. The van der Waals surface area contributed by atoms with E-state index in [0.29, 0.717) is 24.0 Å². The zero-order valence-corrected chi connectivity index (χ0v) is 10.7. The molecule has 1 N–H and O–H groups in total. The van der Waals surface area contributed by atoms with E-state index >= 15 is 0 Å². The third kappa shape index (κ3) is 2.55. The highest BCUT2D eigenvalue weighted by Gasteiger charge is 2.49. The van der Waals surface area contributed by atoms with Gasteiger partial charge in [0.15, 0.2) is 0 Å². The molecule has 0 saturated carbocycles. The SMILES string of the molecule is Cc1cc2c(c(OS(=O)(=O)C(F)(F)F)c1)C(O)CC2. The molecule has 106 valence electrons. The second-order valence-corrected chi connectivity index (χ2v) is 5.91. The van der Waals surface area contributed by atoms with E-state index in [1.165, 1.54) is 6.07 Å². The van der Waals surface area contributed by atoms with Crippen LogP contribution >= 0.6 is 0 Å². The van der Waals surface area contributed by atoms with Crippen molar-refractivity contribution in [3.05, 3.63) is 28.8 Å². The van der Waals surface area contributed by atoms with Crippen LogP contribution in [-0.4, -0.2) is 19.0 Å². The number of alkyl halides is 3. The number of rotatable bonds is 2. The fourth-order valence-corrected chi connectivity index (χ4v) is 2.56. The normalized spacial score (nSPS) is 19.3. The number of fused-ring (bicyclic) bond motifs is 1. The van der Waals surface area contributed by atoms with Gasteiger partial charge in [0.2, 0.25) is 0 Å². The molecule has 4 nitrogen and oxygen atoms in total. The number of benzene rings is 1. The molecule has 0 fully saturated rings. The summed E-state index contributed by atoms with van der Waals surface area (Å²) in [4.78, 5) is 0. The average molecular weight is 296 g/mol. The van der Waals surface area contributed by atoms with Crippen molar-refractivity contribution >= 4 is 10.1 Å². The summed E-state index contributed by atoms with van der Waals surface area (Å²) in [5.41, 5.74) is -4.19. The Kier molecular flexibility index (Phi) is 3.26. The third-order valence-electron chi connectivity index (χ3n) is 2.88. The highest BCUT2D eigenvalue weighted by Crippen LogP contribution is 2.40. The zero-order chi connectivity index (χ0) is 14.4. The largest absolute Gasteiger partial charge is 0.534 e. The molecule has 1 aromatic carbocycles. The van der Waals surface area contributed by atoms with Gasteiger partial charge in [-0.05, 0) is 37.0 Å². The Morgan fingerprint density at radius 2 is 2.00 bits per heavy atom. The van der Waals surface area contributed by atoms with Crippen LogP contribution in [0.5, 0.6) is 5.75 Å². The van der Waals surface area contributed by atoms with Crippen molar-refractivity contribution in [2.24, 2.45) is 0 Å². The van der Waals surface area contributed by atoms with Crippen molar-refractivity contribution in [2.45, 2.75) is 31.4 Å². The van der Waals surface area contributed by atoms with Gasteiger partial charge in [0.1, 0.15) is 5.75 Å². The first-order valence-corrected chi connectivity index (χ1v) is 6.85. The summed E-state index contributed by atoms with van der Waals surface area (Å²) in [7, 11) is -5.72. The van der Waals surface area contributed by atoms with Crippen LogP contribution in [0.2, 0.25) is 0 Å². The van der Waals surface area contributed by atoms with E-state index in [1.807, 2.05) is 0 Å². The van der Waals surface area contributed by atoms with Gasteiger partial charge in [-0.15, -0.1) is 0 Å². The van der Waals surface area contributed by atoms with E-state index in [-0.39, 0.29) is 5.56 Å². The van der Waals surface area contributed by atoms with Crippen LogP contribution in [0.4, 0.5) is 13.2 Å². The molecule has 2 rings (SSSR count). The standard InChI is InChI=1S/C11H11F3O4S/c1-6-4-7-2-3-8(15)10(7)9(5-6)18-19(16,17)11(12,13)14/h4-5,8,15H,2-3H2,1H3. The molecule has 1 aromatic rings. The van der Waals surface area contributed by atoms with Crippen LogP contribution in [-0.2, 0) is 16.5 Å². The predicted molar refractivity (Wildman–Crippen MR) is 60.1 cm³/mol. The molecule has 0 aromatic heterocycles. The van der Waals surface area contributed by atoms with Crippen LogP contribution in [0.25, 0.3) is 0 Å². The molecule has 19 heavy (non-hydrogen) atoms. The Labute approximate surface area is 107 Å². The summed E-state index contributed by atoms with van der Waals surface area (Å²) in [5.74, 6) is -0.447. The number of aliphatic hydroxyl groups excluding tert-OH is 1. The van der Waals surface area contributed by atoms with Gasteiger partial charge in [-0.1, -0.05) is 6.07 Å². The Morgan fingerprint density at radius 3 is 2.58 bits per heavy atom. The maximum Gasteiger partial charge on any atom is 0.534 e. The minimum absolute atomic E-state index is 0.124. The number of hydrogen-bond donors (Lipinski definition) is 1. The molecule has 0 amide bonds. The highest BCUT2D eigenvalue weighted by molar-refractivity contribution is 7.88. The third-order valence-corrected chi connectivity index (χ3v) is 3.84. The molecular formula is C11H11F3O4S. The molecule has 0 spiro atoms. The van der Waals surface area contributed by atoms with E-state index in [0.717, 1.165) is 0 Å². The molecule has 1 atom stereocenters. The van der Waals surface area contributed by atoms with Gasteiger partial charge < -0.3 is 9.29 Å². The maximum atomic E-state index is 12.3. The van der Waals surface area contributed by atoms with Crippen LogP contribution in [0.3, 0.4) is 0 Å². The first-order valence-electron chi connectivity index (χ1n) is 5.44. The minimum atomic E-state index is -5.72. The molecule has 0 bridgehead atoms. The quantitative estimate of drug-likeness (QED) is 0.671. The second-order valence-electron chi connectivity index (χ2n) is 4.37. The molecular weight excluding hydrogens is 285 g/mol. The highest BCUT2D eigenvalue weighted by atomic mass is 32.2. The van der Waals surface area contributed by atoms with Crippen molar-refractivity contribution in [2.75, 3.05) is 0 Å². The van der Waals surface area contributed by atoms with Crippen LogP contribution in [0.15, 0.2) is 12.1 Å². The topological polar surface area (TPSA) is 63.6 Å². The summed E-state index contributed by atoms with van der Waals surface area (Å²) in [6, 6.07) is 2.87. The summed E-state index contributed by atoms with van der Waals surface area (Å²) in [6.45, 7) is 1.61. The van der Waals surface area contributed by atoms with Crippen molar-refractivity contribution in [3.63, 3.8) is 0 Å². The number of halogens is 3. The van der Waals surface area contributed by atoms with Gasteiger partial charge >= 0.3 is 15.6 Å². The lowest BCUT2D eigenvalue weighted by Gasteiger charge is -2.15. The Balaban J connectivity index is 2.48. The van der Waals surface area contributed by atoms with Crippen molar-refractivity contribution in [1.82, 2.24) is 0 Å². The lowest BCUT2D eigenvalue weighted by molar-refractivity contribution is -0.0500. The van der Waals surface area contributed by atoms with Gasteiger partial charge in [-0.25, -0.2) is 0 Å². The smallest absolute Gasteiger partial charge is 0.388 e. The second kappa shape index (κ2) is 4.38. The number of hydrogen-bond acceptors (Lipinski definition) is 4. The van der Waals surface area contributed by atoms with Gasteiger partial charge in [0.25, 0.3) is 0 Å². The van der Waals surface area contributed by atoms with E-state index in [1.54, 1.807) is 13.0 Å². The summed E-state index contributed by atoms with van der Waals surface area (Å²) < 4.78 is 63.0. The van der Waals surface area contributed by atoms with E-state index in [4.69, 9.17) is 0 Å². The van der Waals surface area contributed by atoms with Crippen LogP contribution in [0.1, 0.15) is 29.2 Å². The summed E-state index contributed by atoms with van der Waals surface area (Å²) in [6.07, 6.45) is -0.198. The van der Waals surface area contributed by atoms with Crippen molar-refractivity contribution < 1.29 is 30.9 Å². The Morgan fingerprint density at radius 1 is 1.37 bits per heavy atom. The molecule has 0 heterocycles. The van der Waals surface area contributed by atoms with Gasteiger partial charge in [0.05, 0.1) is 6.10 Å². The predicted octanol–water partition coefficient (Wildman–Crippen LogP) is 2.20. The fraction of sp³-hybridized carbons (Fsp3) is 0.455. The Bertz CT molecular complexity index is 607. The number of aliphatic hydroxyl groups is 1. The average Bonchev–Trinajstić information content (AvgIpc) is 2.57. The van der Waals surface area contributed by atoms with Gasteiger partial charge in [-0.2, -0.15) is 21.6 Å². The molecule has 1 unspecified atom stereocenters. The molecule has 8 heteroatoms. The Hall–Kier alpha value is -1.28. The van der Waals surface area contributed by atoms with Crippen LogP contribution in [0, 0.1) is 6.92 Å². The molecule has 0 saturated heterocycles. The minimum Gasteiger partial charge on any atom is -0.388 e. The van der Waals surface area contributed by atoms with E-state index in [2.05, 4.69) is 4.18 Å². The van der Waals surface area contributed by atoms with Crippen molar-refractivity contribution in [3.8, 4) is 5.75 Å². The molecule has 0 radical (unpaired) electrons. The molecule has 1 aliphatic rings. The number of aryl methyl sites for hydroxylation is 2. The first kappa shape index (κ1) is 14.1. The summed E-state index contributed by atoms with van der Waals surface area (Å²) >= 11 is 0. The molecule has 1 aliphatic carbocycles. The van der Waals surface area contributed by atoms with E-state index < -0.39 is 27.5 Å². The summed E-state index contributed by atoms with van der Waals surface area (Å²) in [5, 5.41) is 9.70. The van der Waals surface area contributed by atoms with Gasteiger partial charge in [-0.3, -0.25) is 0 Å².